The first kappa shape index (κ1) is 21.0. The van der Waals surface area contributed by atoms with Gasteiger partial charge in [-0.15, -0.1) is 0 Å². The van der Waals surface area contributed by atoms with Crippen LogP contribution in [0.3, 0.4) is 0 Å². The largest absolute Gasteiger partial charge is 0.416 e. The van der Waals surface area contributed by atoms with Crippen LogP contribution in [0.15, 0.2) is 48.5 Å². The standard InChI is InChI=1S/C25H25F3N2O2/c26-25(27,28)19-4-2-6-21(11-19)29-22(31)18-3-1-5-20(10-18)30-23(32)24-12-15-7-16(13-24)9-17(8-15)14-24/h1-6,10-11,15-17H,7-9,12-14H2,(H,29,31)(H,30,32). The van der Waals surface area contributed by atoms with Crippen LogP contribution in [0.1, 0.15) is 54.4 Å². The van der Waals surface area contributed by atoms with Crippen molar-refractivity contribution >= 4 is 23.2 Å². The van der Waals surface area contributed by atoms with Gasteiger partial charge >= 0.3 is 6.18 Å². The number of amides is 2. The highest BCUT2D eigenvalue weighted by atomic mass is 19.4. The quantitative estimate of drug-likeness (QED) is 0.600. The van der Waals surface area contributed by atoms with Crippen molar-refractivity contribution in [1.82, 2.24) is 0 Å². The third kappa shape index (κ3) is 4.00. The van der Waals surface area contributed by atoms with E-state index in [4.69, 9.17) is 0 Å². The second-order valence-electron chi connectivity index (χ2n) is 9.77. The first-order valence-corrected chi connectivity index (χ1v) is 11.1. The number of carbonyl (C=O) groups excluding carboxylic acids is 2. The number of anilines is 2. The van der Waals surface area contributed by atoms with Gasteiger partial charge in [0.2, 0.25) is 5.91 Å². The summed E-state index contributed by atoms with van der Waals surface area (Å²) in [4.78, 5) is 25.9. The highest BCUT2D eigenvalue weighted by Gasteiger charge is 2.54. The van der Waals surface area contributed by atoms with E-state index >= 15 is 0 Å². The summed E-state index contributed by atoms with van der Waals surface area (Å²) in [5.41, 5.74) is -0.265. The van der Waals surface area contributed by atoms with Crippen molar-refractivity contribution in [2.24, 2.45) is 23.2 Å². The predicted molar refractivity (Wildman–Crippen MR) is 115 cm³/mol. The lowest BCUT2D eigenvalue weighted by atomic mass is 9.49. The van der Waals surface area contributed by atoms with Crippen molar-refractivity contribution in [3.8, 4) is 0 Å². The summed E-state index contributed by atoms with van der Waals surface area (Å²) >= 11 is 0. The van der Waals surface area contributed by atoms with Crippen molar-refractivity contribution < 1.29 is 22.8 Å². The normalized spacial score (nSPS) is 28.4. The van der Waals surface area contributed by atoms with Gasteiger partial charge < -0.3 is 10.6 Å². The molecule has 4 aliphatic rings. The number of halogens is 3. The summed E-state index contributed by atoms with van der Waals surface area (Å²) < 4.78 is 38.8. The average molecular weight is 442 g/mol. The van der Waals surface area contributed by atoms with Gasteiger partial charge in [0.05, 0.1) is 11.0 Å². The summed E-state index contributed by atoms with van der Waals surface area (Å²) in [5.74, 6) is 1.45. The minimum atomic E-state index is -4.48. The average Bonchev–Trinajstić information content (AvgIpc) is 2.72. The third-order valence-corrected chi connectivity index (χ3v) is 7.35. The van der Waals surface area contributed by atoms with Crippen LogP contribution in [0, 0.1) is 23.2 Å². The predicted octanol–water partition coefficient (Wildman–Crippen LogP) is 6.11. The van der Waals surface area contributed by atoms with Crippen LogP contribution in [0.25, 0.3) is 0 Å². The third-order valence-electron chi connectivity index (χ3n) is 7.35. The Hall–Kier alpha value is -2.83. The van der Waals surface area contributed by atoms with E-state index in [1.165, 1.54) is 31.4 Å². The molecule has 168 valence electrons. The molecule has 32 heavy (non-hydrogen) atoms. The van der Waals surface area contributed by atoms with E-state index < -0.39 is 17.6 Å². The molecule has 0 aliphatic heterocycles. The fourth-order valence-electron chi connectivity index (χ4n) is 6.37. The van der Waals surface area contributed by atoms with Gasteiger partial charge in [0, 0.05) is 16.9 Å². The maximum Gasteiger partial charge on any atom is 0.416 e. The smallest absolute Gasteiger partial charge is 0.326 e. The molecule has 6 rings (SSSR count). The lowest BCUT2D eigenvalue weighted by molar-refractivity contribution is -0.140. The fourth-order valence-corrected chi connectivity index (χ4v) is 6.37. The van der Waals surface area contributed by atoms with Crippen LogP contribution in [-0.4, -0.2) is 11.8 Å². The minimum Gasteiger partial charge on any atom is -0.326 e. The summed E-state index contributed by atoms with van der Waals surface area (Å²) in [6, 6.07) is 11.1. The molecular formula is C25H25F3N2O2. The zero-order chi connectivity index (χ0) is 22.5. The van der Waals surface area contributed by atoms with Gasteiger partial charge in [-0.3, -0.25) is 9.59 Å². The maximum atomic E-state index is 13.3. The molecule has 0 saturated heterocycles. The molecule has 2 aromatic rings. The topological polar surface area (TPSA) is 58.2 Å². The van der Waals surface area contributed by atoms with E-state index in [2.05, 4.69) is 10.6 Å². The molecule has 4 bridgehead atoms. The molecule has 0 heterocycles. The molecule has 2 aromatic carbocycles. The highest BCUT2D eigenvalue weighted by molar-refractivity contribution is 6.05. The van der Waals surface area contributed by atoms with Gasteiger partial charge in [0.15, 0.2) is 0 Å². The molecule has 4 nitrogen and oxygen atoms in total. The van der Waals surface area contributed by atoms with Crippen molar-refractivity contribution in [2.45, 2.75) is 44.7 Å². The second kappa shape index (κ2) is 7.64. The van der Waals surface area contributed by atoms with Gasteiger partial charge in [-0.05, 0) is 92.7 Å². The maximum absolute atomic E-state index is 13.3. The SMILES string of the molecule is O=C(Nc1cccc(C(F)(F)F)c1)c1cccc(NC(=O)C23CC4CC(CC(C4)C2)C3)c1. The first-order valence-electron chi connectivity index (χ1n) is 11.1. The number of alkyl halides is 3. The Morgan fingerprint density at radius 3 is 1.97 bits per heavy atom. The first-order chi connectivity index (χ1) is 15.2. The Kier molecular flexibility index (Phi) is 5.02. The molecule has 4 aliphatic carbocycles. The van der Waals surface area contributed by atoms with Crippen molar-refractivity contribution in [3.05, 3.63) is 59.7 Å². The zero-order valence-corrected chi connectivity index (χ0v) is 17.5. The van der Waals surface area contributed by atoms with E-state index in [-0.39, 0.29) is 22.6 Å². The number of hydrogen-bond donors (Lipinski definition) is 2. The van der Waals surface area contributed by atoms with E-state index in [1.54, 1.807) is 24.3 Å². The lowest BCUT2D eigenvalue weighted by Gasteiger charge is -2.55. The minimum absolute atomic E-state index is 0.0343. The summed E-state index contributed by atoms with van der Waals surface area (Å²) in [6.45, 7) is 0. The van der Waals surface area contributed by atoms with Crippen LogP contribution in [0.2, 0.25) is 0 Å². The monoisotopic (exact) mass is 442 g/mol. The molecule has 7 heteroatoms. The molecule has 0 aromatic heterocycles. The molecule has 4 fully saturated rings. The van der Waals surface area contributed by atoms with Crippen LogP contribution >= 0.6 is 0 Å². The molecule has 0 radical (unpaired) electrons. The number of nitrogens with one attached hydrogen (secondary N) is 2. The highest BCUT2D eigenvalue weighted by Crippen LogP contribution is 2.60. The van der Waals surface area contributed by atoms with Gasteiger partial charge in [0.25, 0.3) is 5.91 Å². The summed E-state index contributed by atoms with van der Waals surface area (Å²) in [7, 11) is 0. The van der Waals surface area contributed by atoms with E-state index in [1.807, 2.05) is 0 Å². The zero-order valence-electron chi connectivity index (χ0n) is 17.5. The number of carbonyl (C=O) groups is 2. The lowest BCUT2D eigenvalue weighted by Crippen LogP contribution is -2.51. The Bertz CT molecular complexity index is 1030. The summed E-state index contributed by atoms with van der Waals surface area (Å²) in [6.07, 6.45) is 2.09. The molecule has 2 N–H and O–H groups in total. The fraction of sp³-hybridized carbons (Fsp3) is 0.440. The van der Waals surface area contributed by atoms with Crippen LogP contribution < -0.4 is 10.6 Å². The van der Waals surface area contributed by atoms with Crippen molar-refractivity contribution in [1.29, 1.82) is 0 Å². The van der Waals surface area contributed by atoms with Crippen molar-refractivity contribution in [2.75, 3.05) is 10.6 Å². The molecule has 0 spiro atoms. The number of rotatable bonds is 4. The molecule has 0 atom stereocenters. The van der Waals surface area contributed by atoms with E-state index in [0.29, 0.717) is 23.4 Å². The molecule has 0 unspecified atom stereocenters. The van der Waals surface area contributed by atoms with Crippen LogP contribution in [0.5, 0.6) is 0 Å². The Balaban J connectivity index is 1.29. The van der Waals surface area contributed by atoms with Crippen LogP contribution in [0.4, 0.5) is 24.5 Å². The second-order valence-corrected chi connectivity index (χ2v) is 9.77. The Morgan fingerprint density at radius 1 is 0.812 bits per heavy atom. The van der Waals surface area contributed by atoms with E-state index in [0.717, 1.165) is 31.4 Å². The van der Waals surface area contributed by atoms with Gasteiger partial charge in [0.1, 0.15) is 0 Å². The molecular weight excluding hydrogens is 417 g/mol. The van der Waals surface area contributed by atoms with E-state index in [9.17, 15) is 22.8 Å². The van der Waals surface area contributed by atoms with Gasteiger partial charge in [-0.2, -0.15) is 13.2 Å². The summed E-state index contributed by atoms with van der Waals surface area (Å²) in [5, 5.41) is 5.53. The number of benzene rings is 2. The number of hydrogen-bond acceptors (Lipinski definition) is 2. The van der Waals surface area contributed by atoms with Gasteiger partial charge in [-0.1, -0.05) is 12.1 Å². The Morgan fingerprint density at radius 2 is 1.38 bits per heavy atom. The Labute approximate surface area is 184 Å². The van der Waals surface area contributed by atoms with Crippen LogP contribution in [-0.2, 0) is 11.0 Å². The van der Waals surface area contributed by atoms with Crippen molar-refractivity contribution in [3.63, 3.8) is 0 Å². The van der Waals surface area contributed by atoms with Gasteiger partial charge in [-0.25, -0.2) is 0 Å². The molecule has 2 amide bonds. The molecule has 4 saturated carbocycles.